The molecule has 4 rings (SSSR count). The topological polar surface area (TPSA) is 62.3 Å². The third kappa shape index (κ3) is 4.00. The third-order valence-corrected chi connectivity index (χ3v) is 5.84. The summed E-state index contributed by atoms with van der Waals surface area (Å²) < 4.78 is 26.8. The number of thiazole rings is 1. The van der Waals surface area contributed by atoms with Crippen molar-refractivity contribution < 1.29 is 18.4 Å². The number of nitrogens with zero attached hydrogens (tertiary/aromatic N) is 2. The molecule has 1 saturated heterocycles. The van der Waals surface area contributed by atoms with E-state index in [1.807, 2.05) is 5.38 Å². The second kappa shape index (κ2) is 7.34. The summed E-state index contributed by atoms with van der Waals surface area (Å²) in [6.07, 6.45) is 3.33. The molecule has 1 aliphatic carbocycles. The number of carbonyl (C=O) groups is 2. The van der Waals surface area contributed by atoms with Crippen LogP contribution in [0.4, 0.5) is 13.9 Å². The van der Waals surface area contributed by atoms with Crippen molar-refractivity contribution in [2.24, 2.45) is 5.92 Å². The number of hydrogen-bond donors (Lipinski definition) is 1. The van der Waals surface area contributed by atoms with Gasteiger partial charge >= 0.3 is 0 Å². The van der Waals surface area contributed by atoms with Crippen LogP contribution in [0.15, 0.2) is 23.6 Å². The van der Waals surface area contributed by atoms with Gasteiger partial charge < -0.3 is 10.2 Å². The van der Waals surface area contributed by atoms with E-state index in [-0.39, 0.29) is 17.4 Å². The lowest BCUT2D eigenvalue weighted by molar-refractivity contribution is -0.121. The van der Waals surface area contributed by atoms with E-state index in [4.69, 9.17) is 0 Å². The molecule has 1 saturated carbocycles. The first-order valence-electron chi connectivity index (χ1n) is 9.02. The van der Waals surface area contributed by atoms with Crippen LogP contribution >= 0.6 is 11.3 Å². The molecular weight excluding hydrogens is 372 g/mol. The Kier molecular flexibility index (Phi) is 4.90. The van der Waals surface area contributed by atoms with Gasteiger partial charge in [0, 0.05) is 36.4 Å². The van der Waals surface area contributed by atoms with Crippen molar-refractivity contribution in [2.45, 2.75) is 31.6 Å². The molecule has 8 heteroatoms. The van der Waals surface area contributed by atoms with Gasteiger partial charge in [-0.05, 0) is 37.8 Å². The van der Waals surface area contributed by atoms with Crippen LogP contribution in [0.2, 0.25) is 0 Å². The predicted molar refractivity (Wildman–Crippen MR) is 97.7 cm³/mol. The van der Waals surface area contributed by atoms with E-state index in [0.29, 0.717) is 43.0 Å². The lowest BCUT2D eigenvalue weighted by atomic mass is 9.95. The van der Waals surface area contributed by atoms with Crippen LogP contribution in [0.1, 0.15) is 47.7 Å². The van der Waals surface area contributed by atoms with Crippen LogP contribution < -0.4 is 5.32 Å². The summed E-state index contributed by atoms with van der Waals surface area (Å²) in [5, 5.41) is 5.48. The summed E-state index contributed by atoms with van der Waals surface area (Å²) in [5.41, 5.74) is 0.909. The summed E-state index contributed by atoms with van der Waals surface area (Å²) in [6, 6.07) is 2.93. The van der Waals surface area contributed by atoms with E-state index >= 15 is 0 Å². The molecule has 142 valence electrons. The van der Waals surface area contributed by atoms with Crippen molar-refractivity contribution in [1.82, 2.24) is 9.88 Å². The standard InChI is InChI=1S/C19H19F2N3O2S/c20-13-3-4-14(15(21)9-13)18(26)24-7-5-12(6-8-24)17(25)23-19-22-16(10-27-19)11-1-2-11/h3-4,9-12H,1-2,5-8H2,(H,22,23,25). The number of nitrogens with one attached hydrogen (secondary N) is 1. The van der Waals surface area contributed by atoms with E-state index in [2.05, 4.69) is 10.3 Å². The Hall–Kier alpha value is -2.35. The number of hydrogen-bond acceptors (Lipinski definition) is 4. The van der Waals surface area contributed by atoms with Crippen LogP contribution in [-0.2, 0) is 4.79 Å². The Morgan fingerprint density at radius 1 is 1.15 bits per heavy atom. The summed E-state index contributed by atoms with van der Waals surface area (Å²) in [4.78, 5) is 30.8. The van der Waals surface area contributed by atoms with Crippen molar-refractivity contribution in [1.29, 1.82) is 0 Å². The number of likely N-dealkylation sites (tertiary alicyclic amines) is 1. The van der Waals surface area contributed by atoms with Gasteiger partial charge in [-0.3, -0.25) is 9.59 Å². The number of amides is 2. The fourth-order valence-electron chi connectivity index (χ4n) is 3.30. The quantitative estimate of drug-likeness (QED) is 0.863. The molecule has 0 radical (unpaired) electrons. The van der Waals surface area contributed by atoms with Gasteiger partial charge in [-0.2, -0.15) is 0 Å². The Labute approximate surface area is 159 Å². The van der Waals surface area contributed by atoms with Crippen LogP contribution in [0.5, 0.6) is 0 Å². The van der Waals surface area contributed by atoms with Crippen molar-refractivity contribution >= 4 is 28.3 Å². The highest BCUT2D eigenvalue weighted by Crippen LogP contribution is 2.41. The Bertz CT molecular complexity index is 874. The zero-order valence-corrected chi connectivity index (χ0v) is 15.4. The summed E-state index contributed by atoms with van der Waals surface area (Å²) in [5.74, 6) is -1.80. The highest BCUT2D eigenvalue weighted by atomic mass is 32.1. The van der Waals surface area contributed by atoms with Gasteiger partial charge in [-0.15, -0.1) is 11.3 Å². The minimum atomic E-state index is -0.866. The number of rotatable bonds is 4. The summed E-state index contributed by atoms with van der Waals surface area (Å²) in [6.45, 7) is 0.720. The fourth-order valence-corrected chi connectivity index (χ4v) is 4.09. The molecular formula is C19H19F2N3O2S. The Morgan fingerprint density at radius 2 is 1.89 bits per heavy atom. The van der Waals surface area contributed by atoms with Crippen LogP contribution in [-0.4, -0.2) is 34.8 Å². The molecule has 27 heavy (non-hydrogen) atoms. The maximum atomic E-state index is 13.8. The second-order valence-corrected chi connectivity index (χ2v) is 7.89. The lowest BCUT2D eigenvalue weighted by Crippen LogP contribution is -2.41. The third-order valence-electron chi connectivity index (χ3n) is 5.06. The molecule has 0 bridgehead atoms. The Balaban J connectivity index is 1.32. The molecule has 2 aromatic rings. The van der Waals surface area contributed by atoms with Gasteiger partial charge in [-0.25, -0.2) is 13.8 Å². The molecule has 0 spiro atoms. The van der Waals surface area contributed by atoms with Crippen LogP contribution in [0.25, 0.3) is 0 Å². The van der Waals surface area contributed by atoms with Gasteiger partial charge in [0.1, 0.15) is 11.6 Å². The minimum absolute atomic E-state index is 0.0910. The zero-order chi connectivity index (χ0) is 19.0. The van der Waals surface area contributed by atoms with Crippen LogP contribution in [0, 0.1) is 17.6 Å². The largest absolute Gasteiger partial charge is 0.339 e. The molecule has 0 unspecified atom stereocenters. The van der Waals surface area contributed by atoms with E-state index < -0.39 is 17.5 Å². The molecule has 1 aromatic carbocycles. The van der Waals surface area contributed by atoms with Gasteiger partial charge in [0.25, 0.3) is 5.91 Å². The minimum Gasteiger partial charge on any atom is -0.339 e. The number of anilines is 1. The van der Waals surface area contributed by atoms with E-state index in [9.17, 15) is 18.4 Å². The predicted octanol–water partition coefficient (Wildman–Crippen LogP) is 3.79. The molecule has 2 heterocycles. The van der Waals surface area contributed by atoms with Gasteiger partial charge in [0.2, 0.25) is 5.91 Å². The molecule has 2 fully saturated rings. The highest BCUT2D eigenvalue weighted by Gasteiger charge is 2.30. The number of aromatic nitrogens is 1. The summed E-state index contributed by atoms with van der Waals surface area (Å²) >= 11 is 1.44. The van der Waals surface area contributed by atoms with Crippen molar-refractivity contribution in [3.05, 3.63) is 46.5 Å². The van der Waals surface area contributed by atoms with Crippen molar-refractivity contribution in [2.75, 3.05) is 18.4 Å². The molecule has 1 aliphatic heterocycles. The fraction of sp³-hybridized carbons (Fsp3) is 0.421. The average Bonchev–Trinajstić information content (AvgIpc) is 3.41. The van der Waals surface area contributed by atoms with Crippen molar-refractivity contribution in [3.63, 3.8) is 0 Å². The first-order valence-corrected chi connectivity index (χ1v) is 9.90. The summed E-state index contributed by atoms with van der Waals surface area (Å²) in [7, 11) is 0. The number of piperidine rings is 1. The first kappa shape index (κ1) is 18.0. The maximum Gasteiger partial charge on any atom is 0.256 e. The van der Waals surface area contributed by atoms with E-state index in [1.54, 1.807) is 0 Å². The number of carbonyl (C=O) groups excluding carboxylic acids is 2. The molecule has 2 amide bonds. The smallest absolute Gasteiger partial charge is 0.256 e. The van der Waals surface area contributed by atoms with Crippen molar-refractivity contribution in [3.8, 4) is 0 Å². The molecule has 1 N–H and O–H groups in total. The Morgan fingerprint density at radius 3 is 2.56 bits per heavy atom. The average molecular weight is 391 g/mol. The molecule has 1 aromatic heterocycles. The molecule has 5 nitrogen and oxygen atoms in total. The number of halogens is 2. The number of benzene rings is 1. The highest BCUT2D eigenvalue weighted by molar-refractivity contribution is 7.13. The first-order chi connectivity index (χ1) is 13.0. The second-order valence-electron chi connectivity index (χ2n) is 7.03. The van der Waals surface area contributed by atoms with E-state index in [1.165, 1.54) is 16.2 Å². The maximum absolute atomic E-state index is 13.8. The van der Waals surface area contributed by atoms with Crippen LogP contribution in [0.3, 0.4) is 0 Å². The van der Waals surface area contributed by atoms with Gasteiger partial charge in [0.15, 0.2) is 5.13 Å². The monoisotopic (exact) mass is 391 g/mol. The molecule has 0 atom stereocenters. The van der Waals surface area contributed by atoms with Gasteiger partial charge in [0.05, 0.1) is 11.3 Å². The SMILES string of the molecule is O=C(Nc1nc(C2CC2)cs1)C1CCN(C(=O)c2ccc(F)cc2F)CC1. The molecule has 2 aliphatic rings. The zero-order valence-electron chi connectivity index (χ0n) is 14.6. The normalized spacial score (nSPS) is 17.8. The lowest BCUT2D eigenvalue weighted by Gasteiger charge is -2.31. The van der Waals surface area contributed by atoms with Gasteiger partial charge in [-0.1, -0.05) is 0 Å². The van der Waals surface area contributed by atoms with E-state index in [0.717, 1.165) is 30.7 Å².